The van der Waals surface area contributed by atoms with Crippen LogP contribution in [0.1, 0.15) is 24.4 Å². The Morgan fingerprint density at radius 2 is 2.33 bits per heavy atom. The van der Waals surface area contributed by atoms with Gasteiger partial charge in [-0.15, -0.1) is 0 Å². The molecule has 3 N–H and O–H groups in total. The highest BCUT2D eigenvalue weighted by molar-refractivity contribution is 6.30. The number of aromatic nitrogens is 2. The number of hydrogen-bond donors (Lipinski definition) is 2. The fraction of sp³-hybridized carbons (Fsp3) is 0.250. The summed E-state index contributed by atoms with van der Waals surface area (Å²) >= 11 is 5.78. The zero-order valence-electron chi connectivity index (χ0n) is 9.90. The van der Waals surface area contributed by atoms with E-state index >= 15 is 0 Å². The minimum atomic E-state index is -0.529. The van der Waals surface area contributed by atoms with Crippen molar-refractivity contribution in [1.82, 2.24) is 15.0 Å². The molecule has 0 amide bonds. The fourth-order valence-electron chi connectivity index (χ4n) is 1.90. The van der Waals surface area contributed by atoms with Gasteiger partial charge in [-0.1, -0.05) is 23.7 Å². The van der Waals surface area contributed by atoms with Crippen molar-refractivity contribution >= 4 is 11.6 Å². The average Bonchev–Trinajstić information content (AvgIpc) is 2.83. The first kappa shape index (κ1) is 13.0. The average molecular weight is 269 g/mol. The Balaban J connectivity index is 2.49. The number of rotatable bonds is 4. The molecule has 0 saturated carbocycles. The molecule has 4 nitrogen and oxygen atoms in total. The van der Waals surface area contributed by atoms with E-state index in [1.54, 1.807) is 18.3 Å². The zero-order valence-corrected chi connectivity index (χ0v) is 10.7. The van der Waals surface area contributed by atoms with Gasteiger partial charge in [0, 0.05) is 24.5 Å². The van der Waals surface area contributed by atoms with Crippen molar-refractivity contribution in [2.24, 2.45) is 5.84 Å². The van der Waals surface area contributed by atoms with Crippen molar-refractivity contribution in [3.8, 4) is 0 Å². The van der Waals surface area contributed by atoms with Gasteiger partial charge in [0.1, 0.15) is 17.7 Å². The maximum absolute atomic E-state index is 14.0. The van der Waals surface area contributed by atoms with E-state index in [4.69, 9.17) is 17.4 Å². The standard InChI is InChI=1S/C12H14ClFN4/c1-2-18-7-6-16-12(18)11(17-15)8-4-3-5-9(13)10(8)14/h3-7,11,17H,2,15H2,1H3. The van der Waals surface area contributed by atoms with Crippen molar-refractivity contribution in [3.05, 3.63) is 52.8 Å². The molecule has 2 aromatic rings. The largest absolute Gasteiger partial charge is 0.334 e. The van der Waals surface area contributed by atoms with Gasteiger partial charge in [0.05, 0.1) is 5.02 Å². The third-order valence-corrected chi connectivity index (χ3v) is 3.10. The molecule has 96 valence electrons. The Morgan fingerprint density at radius 1 is 1.56 bits per heavy atom. The lowest BCUT2D eigenvalue weighted by molar-refractivity contribution is 0.523. The topological polar surface area (TPSA) is 55.9 Å². The highest BCUT2D eigenvalue weighted by Crippen LogP contribution is 2.26. The second-order valence-corrected chi connectivity index (χ2v) is 4.22. The summed E-state index contributed by atoms with van der Waals surface area (Å²) in [5.41, 5.74) is 2.96. The predicted octanol–water partition coefficient (Wildman–Crippen LogP) is 2.25. The van der Waals surface area contributed by atoms with Gasteiger partial charge in [0.15, 0.2) is 0 Å². The van der Waals surface area contributed by atoms with Gasteiger partial charge >= 0.3 is 0 Å². The molecule has 1 aromatic heterocycles. The number of imidazole rings is 1. The molecule has 2 rings (SSSR count). The summed E-state index contributed by atoms with van der Waals surface area (Å²) in [7, 11) is 0. The summed E-state index contributed by atoms with van der Waals surface area (Å²) in [5, 5.41) is 0.0716. The van der Waals surface area contributed by atoms with Gasteiger partial charge in [-0.2, -0.15) is 0 Å². The number of halogens is 2. The Bertz CT molecular complexity index is 541. The number of aryl methyl sites for hydroxylation is 1. The minimum Gasteiger partial charge on any atom is -0.334 e. The predicted molar refractivity (Wildman–Crippen MR) is 68.5 cm³/mol. The number of nitrogens with zero attached hydrogens (tertiary/aromatic N) is 2. The van der Waals surface area contributed by atoms with E-state index in [1.807, 2.05) is 17.7 Å². The molecule has 6 heteroatoms. The number of hydrazine groups is 1. The second-order valence-electron chi connectivity index (χ2n) is 3.81. The molecule has 0 aliphatic rings. The van der Waals surface area contributed by atoms with Crippen LogP contribution in [0, 0.1) is 5.82 Å². The number of nitrogens with one attached hydrogen (secondary N) is 1. The van der Waals surface area contributed by atoms with E-state index in [2.05, 4.69) is 10.4 Å². The fourth-order valence-corrected chi connectivity index (χ4v) is 2.08. The Hall–Kier alpha value is -1.43. The maximum Gasteiger partial charge on any atom is 0.147 e. The smallest absolute Gasteiger partial charge is 0.147 e. The number of benzene rings is 1. The number of hydrogen-bond acceptors (Lipinski definition) is 3. The summed E-state index contributed by atoms with van der Waals surface area (Å²) in [5.74, 6) is 5.70. The van der Waals surface area contributed by atoms with Crippen LogP contribution in [-0.2, 0) is 6.54 Å². The molecule has 1 heterocycles. The molecule has 0 aliphatic heterocycles. The van der Waals surface area contributed by atoms with Gasteiger partial charge in [0.25, 0.3) is 0 Å². The first-order valence-electron chi connectivity index (χ1n) is 5.60. The van der Waals surface area contributed by atoms with Gasteiger partial charge in [-0.05, 0) is 13.0 Å². The Morgan fingerprint density at radius 3 is 3.00 bits per heavy atom. The first-order chi connectivity index (χ1) is 8.69. The van der Waals surface area contributed by atoms with Crippen LogP contribution in [0.5, 0.6) is 0 Å². The van der Waals surface area contributed by atoms with Crippen LogP contribution >= 0.6 is 11.6 Å². The molecule has 1 atom stereocenters. The molecule has 1 unspecified atom stereocenters. The molecule has 0 aliphatic carbocycles. The summed E-state index contributed by atoms with van der Waals surface area (Å²) in [6, 6.07) is 4.30. The lowest BCUT2D eigenvalue weighted by atomic mass is 10.1. The summed E-state index contributed by atoms with van der Waals surface area (Å²) < 4.78 is 15.9. The first-order valence-corrected chi connectivity index (χ1v) is 5.97. The van der Waals surface area contributed by atoms with E-state index in [9.17, 15) is 4.39 Å². The third-order valence-electron chi connectivity index (χ3n) is 2.81. The molecule has 0 bridgehead atoms. The van der Waals surface area contributed by atoms with E-state index in [0.717, 1.165) is 6.54 Å². The van der Waals surface area contributed by atoms with Crippen molar-refractivity contribution in [2.75, 3.05) is 0 Å². The van der Waals surface area contributed by atoms with Crippen molar-refractivity contribution in [3.63, 3.8) is 0 Å². The number of nitrogens with two attached hydrogens (primary N) is 1. The molecule has 0 spiro atoms. The normalized spacial score (nSPS) is 12.7. The Kier molecular flexibility index (Phi) is 3.96. The Labute approximate surface area is 110 Å². The maximum atomic E-state index is 14.0. The van der Waals surface area contributed by atoms with Gasteiger partial charge in [-0.25, -0.2) is 14.8 Å². The van der Waals surface area contributed by atoms with E-state index in [1.165, 1.54) is 6.07 Å². The zero-order chi connectivity index (χ0) is 13.1. The van der Waals surface area contributed by atoms with E-state index in [0.29, 0.717) is 11.4 Å². The van der Waals surface area contributed by atoms with Crippen LogP contribution in [0.25, 0.3) is 0 Å². The molecule has 0 fully saturated rings. The molecular formula is C12H14ClFN4. The highest BCUT2D eigenvalue weighted by atomic mass is 35.5. The minimum absolute atomic E-state index is 0.0716. The van der Waals surface area contributed by atoms with Crippen LogP contribution < -0.4 is 11.3 Å². The summed E-state index contributed by atoms with van der Waals surface area (Å²) in [6.07, 6.45) is 3.48. The molecule has 18 heavy (non-hydrogen) atoms. The van der Waals surface area contributed by atoms with Crippen LogP contribution in [0.15, 0.2) is 30.6 Å². The van der Waals surface area contributed by atoms with Crippen molar-refractivity contribution in [1.29, 1.82) is 0 Å². The monoisotopic (exact) mass is 268 g/mol. The highest BCUT2D eigenvalue weighted by Gasteiger charge is 2.21. The van der Waals surface area contributed by atoms with Gasteiger partial charge < -0.3 is 4.57 Å². The van der Waals surface area contributed by atoms with Crippen LogP contribution in [-0.4, -0.2) is 9.55 Å². The van der Waals surface area contributed by atoms with Crippen molar-refractivity contribution in [2.45, 2.75) is 19.5 Å². The van der Waals surface area contributed by atoms with Crippen LogP contribution in [0.2, 0.25) is 5.02 Å². The molecule has 0 radical (unpaired) electrons. The summed E-state index contributed by atoms with van der Waals surface area (Å²) in [4.78, 5) is 4.22. The quantitative estimate of drug-likeness (QED) is 0.661. The third kappa shape index (κ3) is 2.25. The second kappa shape index (κ2) is 5.48. The summed E-state index contributed by atoms with van der Waals surface area (Å²) in [6.45, 7) is 2.71. The van der Waals surface area contributed by atoms with Gasteiger partial charge in [-0.3, -0.25) is 5.84 Å². The molecular weight excluding hydrogens is 255 g/mol. The van der Waals surface area contributed by atoms with Crippen LogP contribution in [0.3, 0.4) is 0 Å². The van der Waals surface area contributed by atoms with E-state index < -0.39 is 11.9 Å². The molecule has 1 aromatic carbocycles. The SMILES string of the molecule is CCn1ccnc1C(NN)c1cccc(Cl)c1F. The van der Waals surface area contributed by atoms with Crippen LogP contribution in [0.4, 0.5) is 4.39 Å². The van der Waals surface area contributed by atoms with Crippen molar-refractivity contribution < 1.29 is 4.39 Å². The molecule has 0 saturated heterocycles. The van der Waals surface area contributed by atoms with E-state index in [-0.39, 0.29) is 5.02 Å². The lowest BCUT2D eigenvalue weighted by Crippen LogP contribution is -2.31. The lowest BCUT2D eigenvalue weighted by Gasteiger charge is -2.18. The van der Waals surface area contributed by atoms with Gasteiger partial charge in [0.2, 0.25) is 0 Å².